The molecule has 0 radical (unpaired) electrons. The van der Waals surface area contributed by atoms with Gasteiger partial charge >= 0.3 is 6.09 Å². The molecule has 2 aromatic heterocycles. The maximum absolute atomic E-state index is 13.7. The van der Waals surface area contributed by atoms with Gasteiger partial charge in [-0.15, -0.1) is 0 Å². The summed E-state index contributed by atoms with van der Waals surface area (Å²) in [6.07, 6.45) is -0.435. The van der Waals surface area contributed by atoms with Crippen molar-refractivity contribution >= 4 is 91.0 Å². The lowest BCUT2D eigenvalue weighted by molar-refractivity contribution is 0.200. The Morgan fingerprint density at radius 3 is 2.15 bits per heavy atom. The van der Waals surface area contributed by atoms with Crippen molar-refractivity contribution in [2.75, 3.05) is 4.90 Å². The summed E-state index contributed by atoms with van der Waals surface area (Å²) in [5.74, 6) is 0.359. The molecule has 0 aliphatic carbocycles. The van der Waals surface area contributed by atoms with Gasteiger partial charge in [0.25, 0.3) is 0 Å². The summed E-state index contributed by atoms with van der Waals surface area (Å²) in [6, 6.07) is 35.7. The molecule has 7 aromatic rings. The maximum atomic E-state index is 13.7. The number of para-hydroxylation sites is 3. The minimum absolute atomic E-state index is 0.0974. The van der Waals surface area contributed by atoms with Gasteiger partial charge in [0.2, 0.25) is 6.71 Å². The van der Waals surface area contributed by atoms with Crippen LogP contribution in [-0.2, 0) is 4.74 Å². The summed E-state index contributed by atoms with van der Waals surface area (Å²) in [5, 5.41) is 5.21. The SMILES string of the molecule is C=C1OC(=O)N2c3ccccc3B(c3ccccc3)c3c2c1c1c(=C)c2ccccc2n2c4ccccc4c3c12. The average Bonchev–Trinajstić information content (AvgIpc) is 3.33. The molecule has 5 aromatic carbocycles. The van der Waals surface area contributed by atoms with E-state index in [0.29, 0.717) is 5.76 Å². The van der Waals surface area contributed by atoms with Gasteiger partial charge in [-0.3, -0.25) is 0 Å². The molecule has 2 aliphatic rings. The first-order valence-corrected chi connectivity index (χ1v) is 13.4. The molecule has 0 N–H and O–H groups in total. The third kappa shape index (κ3) is 2.46. The lowest BCUT2D eigenvalue weighted by Crippen LogP contribution is -2.60. The average molecular weight is 512 g/mol. The number of aromatic nitrogens is 1. The molecule has 186 valence electrons. The third-order valence-corrected chi connectivity index (χ3v) is 8.70. The number of hydrogen-bond acceptors (Lipinski definition) is 2. The van der Waals surface area contributed by atoms with Gasteiger partial charge in [0.15, 0.2) is 0 Å². The van der Waals surface area contributed by atoms with Crippen LogP contribution in [-0.4, -0.2) is 17.2 Å². The van der Waals surface area contributed by atoms with Crippen LogP contribution in [0.2, 0.25) is 0 Å². The molecule has 0 fully saturated rings. The molecule has 5 heteroatoms. The lowest BCUT2D eigenvalue weighted by Gasteiger charge is -2.40. The Bertz CT molecular complexity index is 2320. The van der Waals surface area contributed by atoms with E-state index in [2.05, 4.69) is 90.4 Å². The van der Waals surface area contributed by atoms with Gasteiger partial charge in [-0.05, 0) is 34.3 Å². The van der Waals surface area contributed by atoms with Crippen molar-refractivity contribution in [3.8, 4) is 0 Å². The smallest absolute Gasteiger partial charge is 0.410 e. The van der Waals surface area contributed by atoms with E-state index < -0.39 is 6.09 Å². The summed E-state index contributed by atoms with van der Waals surface area (Å²) in [6.45, 7) is 8.81. The molecule has 4 nitrogen and oxygen atoms in total. The molecule has 4 heterocycles. The van der Waals surface area contributed by atoms with E-state index >= 15 is 0 Å². The van der Waals surface area contributed by atoms with Gasteiger partial charge in [0.05, 0.1) is 27.8 Å². The molecular formula is C35H21BN2O2. The highest BCUT2D eigenvalue weighted by atomic mass is 16.6. The molecule has 0 saturated heterocycles. The van der Waals surface area contributed by atoms with Crippen LogP contribution < -0.4 is 26.5 Å². The van der Waals surface area contributed by atoms with Gasteiger partial charge < -0.3 is 9.14 Å². The Kier molecular flexibility index (Phi) is 4.01. The van der Waals surface area contributed by atoms with E-state index in [0.717, 1.165) is 71.2 Å². The highest BCUT2D eigenvalue weighted by Crippen LogP contribution is 2.46. The number of nitrogens with zero attached hydrogens (tertiary/aromatic N) is 2. The fourth-order valence-electron chi connectivity index (χ4n) is 7.22. The van der Waals surface area contributed by atoms with Crippen molar-refractivity contribution in [3.05, 3.63) is 120 Å². The monoisotopic (exact) mass is 512 g/mol. The Hall–Kier alpha value is -5.29. The zero-order valence-electron chi connectivity index (χ0n) is 21.5. The normalized spacial score (nSPS) is 14.3. The van der Waals surface area contributed by atoms with Crippen LogP contribution in [0.5, 0.6) is 0 Å². The number of carbonyl (C=O) groups excluding carboxylic acids is 1. The number of benzene rings is 5. The minimum atomic E-state index is -0.435. The minimum Gasteiger partial charge on any atom is -0.410 e. The molecule has 0 bridgehead atoms. The number of ether oxygens (including phenoxy) is 1. The van der Waals surface area contributed by atoms with Crippen LogP contribution in [0.15, 0.2) is 110 Å². The third-order valence-electron chi connectivity index (χ3n) is 8.70. The lowest BCUT2D eigenvalue weighted by atomic mass is 9.34. The van der Waals surface area contributed by atoms with Crippen LogP contribution in [0.25, 0.3) is 50.4 Å². The highest BCUT2D eigenvalue weighted by molar-refractivity contribution is 7.00. The van der Waals surface area contributed by atoms with Crippen LogP contribution in [0.3, 0.4) is 0 Å². The number of amides is 1. The van der Waals surface area contributed by atoms with Gasteiger partial charge in [0, 0.05) is 27.2 Å². The van der Waals surface area contributed by atoms with Crippen molar-refractivity contribution < 1.29 is 9.53 Å². The first-order valence-electron chi connectivity index (χ1n) is 13.4. The summed E-state index contributed by atoms with van der Waals surface area (Å²) in [7, 11) is 0. The quantitative estimate of drug-likeness (QED) is 0.212. The second-order valence-corrected chi connectivity index (χ2v) is 10.6. The second-order valence-electron chi connectivity index (χ2n) is 10.6. The topological polar surface area (TPSA) is 34.0 Å². The molecule has 0 unspecified atom stereocenters. The number of rotatable bonds is 1. The molecule has 0 spiro atoms. The van der Waals surface area contributed by atoms with Crippen molar-refractivity contribution in [3.63, 3.8) is 0 Å². The summed E-state index contributed by atoms with van der Waals surface area (Å²) in [4.78, 5) is 15.5. The summed E-state index contributed by atoms with van der Waals surface area (Å²) in [5.41, 5.74) is 9.15. The fraction of sp³-hybridized carbons (Fsp3) is 0. The highest BCUT2D eigenvalue weighted by Gasteiger charge is 2.45. The van der Waals surface area contributed by atoms with Crippen LogP contribution in [0, 0.1) is 0 Å². The standard InChI is InChI=1S/C35H21BN2O2/c1-20-23-14-6-9-17-26(23)37-27-18-10-7-15-24(27)31-32-34-30(29(20)33(31)37)21(2)40-35(39)38(34)28-19-11-8-16-25(28)36(32)22-12-4-3-5-13-22/h3-19H,1-2H2. The van der Waals surface area contributed by atoms with Crippen molar-refractivity contribution in [1.29, 1.82) is 0 Å². The molecule has 0 saturated carbocycles. The van der Waals surface area contributed by atoms with E-state index in [1.165, 1.54) is 5.46 Å². The van der Waals surface area contributed by atoms with Crippen LogP contribution >= 0.6 is 0 Å². The molecule has 9 rings (SSSR count). The van der Waals surface area contributed by atoms with Crippen LogP contribution in [0.1, 0.15) is 5.56 Å². The summed E-state index contributed by atoms with van der Waals surface area (Å²) >= 11 is 0. The van der Waals surface area contributed by atoms with Gasteiger partial charge in [0.1, 0.15) is 5.76 Å². The predicted molar refractivity (Wildman–Crippen MR) is 166 cm³/mol. The molecule has 2 aliphatic heterocycles. The molecule has 0 atom stereocenters. The molecule has 40 heavy (non-hydrogen) atoms. The largest absolute Gasteiger partial charge is 0.424 e. The maximum Gasteiger partial charge on any atom is 0.424 e. The van der Waals surface area contributed by atoms with E-state index in [4.69, 9.17) is 4.74 Å². The number of hydrogen-bond donors (Lipinski definition) is 0. The van der Waals surface area contributed by atoms with E-state index in [9.17, 15) is 4.79 Å². The first-order chi connectivity index (χ1) is 19.6. The van der Waals surface area contributed by atoms with Gasteiger partial charge in [-0.25, -0.2) is 9.69 Å². The predicted octanol–water partition coefficient (Wildman–Crippen LogP) is 5.62. The Morgan fingerprint density at radius 2 is 1.35 bits per heavy atom. The van der Waals surface area contributed by atoms with Crippen molar-refractivity contribution in [2.24, 2.45) is 0 Å². The number of anilines is 2. The zero-order valence-corrected chi connectivity index (χ0v) is 21.5. The Labute approximate surface area is 230 Å². The first kappa shape index (κ1) is 21.6. The molecular weight excluding hydrogens is 491 g/mol. The van der Waals surface area contributed by atoms with E-state index in [-0.39, 0.29) is 6.71 Å². The van der Waals surface area contributed by atoms with E-state index in [1.807, 2.05) is 30.3 Å². The fourth-order valence-corrected chi connectivity index (χ4v) is 7.22. The zero-order chi connectivity index (χ0) is 26.7. The van der Waals surface area contributed by atoms with Gasteiger partial charge in [-0.1, -0.05) is 104 Å². The summed E-state index contributed by atoms with van der Waals surface area (Å²) < 4.78 is 8.27. The second kappa shape index (κ2) is 7.42. The number of fused-ring (bicyclic) bond motifs is 9. The number of cyclic esters (lactones) is 1. The number of carbonyl (C=O) groups is 1. The van der Waals surface area contributed by atoms with Gasteiger partial charge in [-0.2, -0.15) is 0 Å². The Balaban J connectivity index is 1.65. The number of pyridine rings is 1. The molecule has 1 amide bonds. The van der Waals surface area contributed by atoms with Crippen LogP contribution in [0.4, 0.5) is 16.2 Å². The Morgan fingerprint density at radius 1 is 0.700 bits per heavy atom. The van der Waals surface area contributed by atoms with E-state index in [1.54, 1.807) is 4.90 Å². The van der Waals surface area contributed by atoms with Crippen molar-refractivity contribution in [2.45, 2.75) is 0 Å². The van der Waals surface area contributed by atoms with Crippen molar-refractivity contribution in [1.82, 2.24) is 4.40 Å².